The Morgan fingerprint density at radius 3 is 2.44 bits per heavy atom. The molecular formula is C15H29NO2. The van der Waals surface area contributed by atoms with Gasteiger partial charge in [-0.15, -0.1) is 0 Å². The van der Waals surface area contributed by atoms with Crippen LogP contribution in [0.1, 0.15) is 58.8 Å². The van der Waals surface area contributed by atoms with E-state index in [9.17, 15) is 5.11 Å². The van der Waals surface area contributed by atoms with E-state index in [1.807, 2.05) is 0 Å². The molecule has 2 N–H and O–H groups in total. The van der Waals surface area contributed by atoms with Crippen molar-refractivity contribution in [2.24, 2.45) is 5.41 Å². The van der Waals surface area contributed by atoms with Crippen LogP contribution < -0.4 is 5.32 Å². The van der Waals surface area contributed by atoms with Gasteiger partial charge in [0.15, 0.2) is 0 Å². The van der Waals surface area contributed by atoms with Gasteiger partial charge in [0.2, 0.25) is 0 Å². The fourth-order valence-corrected chi connectivity index (χ4v) is 2.73. The molecule has 1 unspecified atom stereocenters. The van der Waals surface area contributed by atoms with Gasteiger partial charge in [-0.1, -0.05) is 13.8 Å². The summed E-state index contributed by atoms with van der Waals surface area (Å²) in [7, 11) is 0. The Morgan fingerprint density at radius 1 is 1.22 bits per heavy atom. The fourth-order valence-electron chi connectivity index (χ4n) is 2.73. The summed E-state index contributed by atoms with van der Waals surface area (Å²) in [5.41, 5.74) is 0.515. The lowest BCUT2D eigenvalue weighted by Gasteiger charge is -2.34. The van der Waals surface area contributed by atoms with Gasteiger partial charge in [-0.3, -0.25) is 0 Å². The van der Waals surface area contributed by atoms with Crippen LogP contribution in [0, 0.1) is 5.41 Å². The number of rotatable bonds is 7. The first-order valence-electron chi connectivity index (χ1n) is 7.57. The Balaban J connectivity index is 1.57. The van der Waals surface area contributed by atoms with Crippen molar-refractivity contribution in [3.63, 3.8) is 0 Å². The Hall–Kier alpha value is -0.120. The molecule has 3 nitrogen and oxygen atoms in total. The normalized spacial score (nSPS) is 26.2. The van der Waals surface area contributed by atoms with Crippen molar-refractivity contribution < 1.29 is 9.84 Å². The summed E-state index contributed by atoms with van der Waals surface area (Å²) >= 11 is 0. The number of aliphatic hydroxyl groups excluding tert-OH is 1. The van der Waals surface area contributed by atoms with E-state index in [4.69, 9.17) is 4.74 Å². The molecule has 106 valence electrons. The molecule has 0 spiro atoms. The lowest BCUT2D eigenvalue weighted by Crippen LogP contribution is -2.36. The first-order valence-corrected chi connectivity index (χ1v) is 7.57. The quantitative estimate of drug-likeness (QED) is 0.734. The molecule has 2 saturated carbocycles. The fraction of sp³-hybridized carbons (Fsp3) is 1.00. The van der Waals surface area contributed by atoms with Gasteiger partial charge in [0.05, 0.1) is 12.7 Å². The largest absolute Gasteiger partial charge is 0.395 e. The van der Waals surface area contributed by atoms with Crippen LogP contribution in [0.15, 0.2) is 0 Å². The summed E-state index contributed by atoms with van der Waals surface area (Å²) < 4.78 is 5.96. The van der Waals surface area contributed by atoms with Crippen molar-refractivity contribution in [3.8, 4) is 0 Å². The highest BCUT2D eigenvalue weighted by Gasteiger charge is 2.27. The van der Waals surface area contributed by atoms with E-state index in [2.05, 4.69) is 19.2 Å². The van der Waals surface area contributed by atoms with Crippen molar-refractivity contribution in [2.45, 2.75) is 77.0 Å². The molecule has 0 saturated heterocycles. The third kappa shape index (κ3) is 4.87. The molecule has 3 heteroatoms. The molecule has 1 atom stereocenters. The SMILES string of the molecule is CC1(C)CCC(OCCC(CO)NC2CC2)CC1. The number of aliphatic hydroxyl groups is 1. The van der Waals surface area contributed by atoms with Gasteiger partial charge < -0.3 is 15.2 Å². The van der Waals surface area contributed by atoms with Crippen molar-refractivity contribution in [1.82, 2.24) is 5.32 Å². The predicted molar refractivity (Wildman–Crippen MR) is 73.6 cm³/mol. The van der Waals surface area contributed by atoms with Crippen LogP contribution >= 0.6 is 0 Å². The van der Waals surface area contributed by atoms with Crippen LogP contribution in [-0.2, 0) is 4.74 Å². The second kappa shape index (κ2) is 6.36. The summed E-state index contributed by atoms with van der Waals surface area (Å²) in [6, 6.07) is 0.898. The van der Waals surface area contributed by atoms with E-state index >= 15 is 0 Å². The zero-order chi connectivity index (χ0) is 13.0. The average Bonchev–Trinajstić information content (AvgIpc) is 3.14. The van der Waals surface area contributed by atoms with Crippen LogP contribution in [0.25, 0.3) is 0 Å². The topological polar surface area (TPSA) is 41.5 Å². The minimum atomic E-state index is 0.234. The van der Waals surface area contributed by atoms with Crippen LogP contribution in [-0.4, -0.2) is 36.5 Å². The van der Waals surface area contributed by atoms with Crippen molar-refractivity contribution in [3.05, 3.63) is 0 Å². The smallest absolute Gasteiger partial charge is 0.0585 e. The Kier molecular flexibility index (Phi) is 5.05. The van der Waals surface area contributed by atoms with E-state index < -0.39 is 0 Å². The molecule has 2 rings (SSSR count). The Labute approximate surface area is 111 Å². The van der Waals surface area contributed by atoms with Gasteiger partial charge in [-0.2, -0.15) is 0 Å². The molecule has 0 aromatic rings. The van der Waals surface area contributed by atoms with Gasteiger partial charge in [0, 0.05) is 18.7 Å². The minimum Gasteiger partial charge on any atom is -0.395 e. The number of ether oxygens (including phenoxy) is 1. The number of hydrogen-bond donors (Lipinski definition) is 2. The third-order valence-corrected chi connectivity index (χ3v) is 4.38. The van der Waals surface area contributed by atoms with E-state index in [0.717, 1.165) is 13.0 Å². The molecule has 0 aromatic carbocycles. The highest BCUT2D eigenvalue weighted by Crippen LogP contribution is 2.36. The highest BCUT2D eigenvalue weighted by atomic mass is 16.5. The summed E-state index contributed by atoms with van der Waals surface area (Å²) in [6.45, 7) is 5.72. The third-order valence-electron chi connectivity index (χ3n) is 4.38. The lowest BCUT2D eigenvalue weighted by atomic mass is 9.76. The second-order valence-corrected chi connectivity index (χ2v) is 6.84. The van der Waals surface area contributed by atoms with Crippen LogP contribution in [0.4, 0.5) is 0 Å². The maximum absolute atomic E-state index is 9.29. The predicted octanol–water partition coefficient (Wildman–Crippen LogP) is 2.47. The van der Waals surface area contributed by atoms with Crippen molar-refractivity contribution >= 4 is 0 Å². The summed E-state index contributed by atoms with van der Waals surface area (Å²) in [5, 5.41) is 12.8. The summed E-state index contributed by atoms with van der Waals surface area (Å²) in [6.07, 6.45) is 8.90. The lowest BCUT2D eigenvalue weighted by molar-refractivity contribution is -0.00127. The molecule has 0 bridgehead atoms. The van der Waals surface area contributed by atoms with Crippen molar-refractivity contribution in [1.29, 1.82) is 0 Å². The molecule has 0 aliphatic heterocycles. The molecule has 2 aliphatic rings. The Bertz CT molecular complexity index is 241. The average molecular weight is 255 g/mol. The second-order valence-electron chi connectivity index (χ2n) is 6.84. The van der Waals surface area contributed by atoms with Crippen LogP contribution in [0.5, 0.6) is 0 Å². The van der Waals surface area contributed by atoms with Gasteiger partial charge in [-0.05, 0) is 50.4 Å². The molecule has 0 heterocycles. The highest BCUT2D eigenvalue weighted by molar-refractivity contribution is 4.84. The van der Waals surface area contributed by atoms with E-state index in [1.165, 1.54) is 38.5 Å². The molecule has 2 aliphatic carbocycles. The van der Waals surface area contributed by atoms with Crippen LogP contribution in [0.3, 0.4) is 0 Å². The number of nitrogens with one attached hydrogen (secondary N) is 1. The first kappa shape index (κ1) is 14.3. The van der Waals surface area contributed by atoms with Gasteiger partial charge >= 0.3 is 0 Å². The first-order chi connectivity index (χ1) is 8.59. The van der Waals surface area contributed by atoms with Crippen molar-refractivity contribution in [2.75, 3.05) is 13.2 Å². The van der Waals surface area contributed by atoms with E-state index in [1.54, 1.807) is 0 Å². The summed E-state index contributed by atoms with van der Waals surface area (Å²) in [5.74, 6) is 0. The number of hydrogen-bond acceptors (Lipinski definition) is 3. The minimum absolute atomic E-state index is 0.234. The molecule has 0 amide bonds. The maximum atomic E-state index is 9.29. The monoisotopic (exact) mass is 255 g/mol. The van der Waals surface area contributed by atoms with Gasteiger partial charge in [0.25, 0.3) is 0 Å². The van der Waals surface area contributed by atoms with E-state index in [-0.39, 0.29) is 12.6 Å². The molecule has 18 heavy (non-hydrogen) atoms. The molecule has 2 fully saturated rings. The summed E-state index contributed by atoms with van der Waals surface area (Å²) in [4.78, 5) is 0. The zero-order valence-corrected chi connectivity index (χ0v) is 12.0. The molecular weight excluding hydrogens is 226 g/mol. The van der Waals surface area contributed by atoms with Gasteiger partial charge in [0.1, 0.15) is 0 Å². The maximum Gasteiger partial charge on any atom is 0.0585 e. The molecule has 0 aromatic heterocycles. The van der Waals surface area contributed by atoms with E-state index in [0.29, 0.717) is 17.6 Å². The zero-order valence-electron chi connectivity index (χ0n) is 12.0. The van der Waals surface area contributed by atoms with Crippen LogP contribution in [0.2, 0.25) is 0 Å². The van der Waals surface area contributed by atoms with Gasteiger partial charge in [-0.25, -0.2) is 0 Å². The molecule has 0 radical (unpaired) electrons. The Morgan fingerprint density at radius 2 is 1.89 bits per heavy atom. The standard InChI is InChI=1S/C15H29NO2/c1-15(2)8-5-14(6-9-15)18-10-7-13(11-17)16-12-3-4-12/h12-14,16-17H,3-11H2,1-2H3.